The molecule has 0 spiro atoms. The van der Waals surface area contributed by atoms with Gasteiger partial charge in [-0.25, -0.2) is 0 Å². The Morgan fingerprint density at radius 3 is 2.70 bits per heavy atom. The van der Waals surface area contributed by atoms with Gasteiger partial charge in [0.15, 0.2) is 0 Å². The first-order valence-electron chi connectivity index (χ1n) is 15.8. The normalized spacial score (nSPS) is 20.6. The Kier molecular flexibility index (Phi) is 8.95. The number of aryl methyl sites for hydroxylation is 4. The zero-order valence-electron chi connectivity index (χ0n) is 25.6. The fraction of sp³-hybridized carbons (Fsp3) is 0.500. The fourth-order valence-corrected chi connectivity index (χ4v) is 6.79. The third-order valence-corrected chi connectivity index (χ3v) is 9.29. The molecule has 2 aliphatic heterocycles. The van der Waals surface area contributed by atoms with E-state index in [1.807, 2.05) is 44.2 Å². The van der Waals surface area contributed by atoms with Gasteiger partial charge < -0.3 is 24.4 Å². The highest BCUT2D eigenvalue weighted by molar-refractivity contribution is 5.94. The van der Waals surface area contributed by atoms with Gasteiger partial charge in [-0.05, 0) is 81.7 Å². The molecule has 232 valence electrons. The van der Waals surface area contributed by atoms with Crippen molar-refractivity contribution in [2.24, 2.45) is 5.92 Å². The van der Waals surface area contributed by atoms with Crippen LogP contribution in [0.4, 0.5) is 0 Å². The lowest BCUT2D eigenvalue weighted by molar-refractivity contribution is -0.130. The zero-order chi connectivity index (χ0) is 30.6. The largest absolute Gasteiger partial charge is 0.494 e. The Morgan fingerprint density at radius 2 is 1.86 bits per heavy atom. The molecule has 44 heavy (non-hydrogen) atoms. The average Bonchev–Trinajstić information content (AvgIpc) is 3.63. The van der Waals surface area contributed by atoms with Crippen molar-refractivity contribution in [3.05, 3.63) is 75.9 Å². The summed E-state index contributed by atoms with van der Waals surface area (Å²) >= 11 is 0. The van der Waals surface area contributed by atoms with E-state index in [9.17, 15) is 14.4 Å². The molecular weight excluding hydrogens is 558 g/mol. The van der Waals surface area contributed by atoms with Gasteiger partial charge in [-0.3, -0.25) is 19.4 Å². The fourth-order valence-electron chi connectivity index (χ4n) is 6.79. The monoisotopic (exact) mass is 599 g/mol. The summed E-state index contributed by atoms with van der Waals surface area (Å²) in [6.07, 6.45) is 7.39. The zero-order valence-corrected chi connectivity index (χ0v) is 25.6. The van der Waals surface area contributed by atoms with E-state index < -0.39 is 5.92 Å². The van der Waals surface area contributed by atoms with Gasteiger partial charge in [-0.2, -0.15) is 0 Å². The summed E-state index contributed by atoms with van der Waals surface area (Å²) in [6.45, 7) is 6.21. The van der Waals surface area contributed by atoms with Gasteiger partial charge in [0.05, 0.1) is 23.8 Å². The van der Waals surface area contributed by atoms with Crippen LogP contribution in [0.5, 0.6) is 5.75 Å². The number of carbonyl (C=O) groups is 3. The van der Waals surface area contributed by atoms with Gasteiger partial charge in [0.2, 0.25) is 11.8 Å². The van der Waals surface area contributed by atoms with Crippen LogP contribution in [0.1, 0.15) is 75.8 Å². The number of likely N-dealkylation sites (tertiary alicyclic amines) is 1. The number of pyridine rings is 1. The molecule has 0 unspecified atom stereocenters. The minimum Gasteiger partial charge on any atom is -0.494 e. The van der Waals surface area contributed by atoms with E-state index in [0.717, 1.165) is 59.7 Å². The van der Waals surface area contributed by atoms with Gasteiger partial charge in [0.1, 0.15) is 11.5 Å². The van der Waals surface area contributed by atoms with Crippen LogP contribution in [-0.2, 0) is 28.9 Å². The lowest BCUT2D eigenvalue weighted by Gasteiger charge is -2.25. The van der Waals surface area contributed by atoms with Crippen LogP contribution in [-0.4, -0.2) is 77.0 Å². The van der Waals surface area contributed by atoms with Crippen molar-refractivity contribution in [2.75, 3.05) is 39.3 Å². The molecule has 4 heterocycles. The molecule has 1 fully saturated rings. The number of carbonyl (C=O) groups excluding carboxylic acids is 3. The molecule has 2 atom stereocenters. The number of ether oxygens (including phenoxy) is 1. The van der Waals surface area contributed by atoms with Crippen LogP contribution in [0.25, 0.3) is 0 Å². The highest BCUT2D eigenvalue weighted by atomic mass is 16.5. The molecule has 2 aromatic heterocycles. The van der Waals surface area contributed by atoms with Crippen molar-refractivity contribution in [3.63, 3.8) is 0 Å². The highest BCUT2D eigenvalue weighted by Crippen LogP contribution is 2.35. The number of aromatic nitrogens is 2. The highest BCUT2D eigenvalue weighted by Gasteiger charge is 2.40. The number of nitrogens with one attached hydrogen (secondary N) is 1. The molecule has 0 saturated carbocycles. The van der Waals surface area contributed by atoms with E-state index in [1.54, 1.807) is 16.0 Å². The van der Waals surface area contributed by atoms with Crippen molar-refractivity contribution in [1.82, 2.24) is 25.3 Å². The molecule has 10 heteroatoms. The Bertz CT molecular complexity index is 1510. The van der Waals surface area contributed by atoms with E-state index >= 15 is 0 Å². The van der Waals surface area contributed by atoms with E-state index in [4.69, 9.17) is 9.26 Å². The van der Waals surface area contributed by atoms with Crippen molar-refractivity contribution in [2.45, 2.75) is 64.7 Å². The molecule has 1 aliphatic carbocycles. The van der Waals surface area contributed by atoms with Gasteiger partial charge in [-0.1, -0.05) is 17.3 Å². The lowest BCUT2D eigenvalue weighted by atomic mass is 9.88. The van der Waals surface area contributed by atoms with E-state index in [2.05, 4.69) is 15.5 Å². The van der Waals surface area contributed by atoms with Crippen LogP contribution in [0.15, 0.2) is 41.1 Å². The Labute approximate surface area is 258 Å². The smallest absolute Gasteiger partial charge is 0.255 e. The second-order valence-electron chi connectivity index (χ2n) is 12.2. The predicted octanol–water partition coefficient (Wildman–Crippen LogP) is 3.78. The molecular formula is C34H41N5O5. The second-order valence-corrected chi connectivity index (χ2v) is 12.2. The summed E-state index contributed by atoms with van der Waals surface area (Å²) in [4.78, 5) is 48.8. The van der Waals surface area contributed by atoms with Crippen LogP contribution >= 0.6 is 0 Å². The first-order valence-corrected chi connectivity index (χ1v) is 15.8. The maximum Gasteiger partial charge on any atom is 0.255 e. The van der Waals surface area contributed by atoms with E-state index in [0.29, 0.717) is 64.2 Å². The van der Waals surface area contributed by atoms with Gasteiger partial charge in [0, 0.05) is 62.5 Å². The average molecular weight is 600 g/mol. The predicted molar refractivity (Wildman–Crippen MR) is 163 cm³/mol. The second kappa shape index (κ2) is 13.2. The molecule has 1 saturated heterocycles. The van der Waals surface area contributed by atoms with E-state index in [1.165, 1.54) is 5.56 Å². The third kappa shape index (κ3) is 6.49. The van der Waals surface area contributed by atoms with Crippen molar-refractivity contribution in [1.29, 1.82) is 0 Å². The first kappa shape index (κ1) is 29.8. The van der Waals surface area contributed by atoms with Crippen LogP contribution < -0.4 is 10.1 Å². The van der Waals surface area contributed by atoms with E-state index in [-0.39, 0.29) is 23.6 Å². The Hall–Kier alpha value is -4.21. The quantitative estimate of drug-likeness (QED) is 0.485. The summed E-state index contributed by atoms with van der Waals surface area (Å²) < 4.78 is 11.4. The first-order chi connectivity index (χ1) is 21.4. The molecule has 10 nitrogen and oxygen atoms in total. The molecule has 3 aliphatic rings. The maximum absolute atomic E-state index is 13.7. The number of benzene rings is 1. The van der Waals surface area contributed by atoms with Gasteiger partial charge in [0.25, 0.3) is 5.91 Å². The number of nitrogens with zero attached hydrogens (tertiary/aromatic N) is 4. The number of hydrogen-bond acceptors (Lipinski definition) is 7. The molecule has 6 rings (SSSR count). The molecule has 2 bridgehead atoms. The Balaban J connectivity index is 1.17. The minimum absolute atomic E-state index is 0.00560. The summed E-state index contributed by atoms with van der Waals surface area (Å²) in [5, 5.41) is 7.09. The number of amides is 3. The number of hydrogen-bond donors (Lipinski definition) is 1. The van der Waals surface area contributed by atoms with Crippen LogP contribution in [0.3, 0.4) is 0 Å². The molecule has 3 aromatic rings. The van der Waals surface area contributed by atoms with Crippen molar-refractivity contribution >= 4 is 17.7 Å². The number of fused-ring (bicyclic) bond motifs is 5. The Morgan fingerprint density at radius 1 is 1.02 bits per heavy atom. The topological polar surface area (TPSA) is 118 Å². The minimum atomic E-state index is -0.412. The SMILES string of the molecule is Cc1noc(C)c1CCC(=O)N1C[C@@H]2C(=O)NCCN(C(=O)c3cnc4c(c3)CCCC4)CCCOc3cccc(c3)[C@H]2C1. The molecule has 3 amide bonds. The summed E-state index contributed by atoms with van der Waals surface area (Å²) in [6, 6.07) is 9.83. The van der Waals surface area contributed by atoms with Crippen LogP contribution in [0.2, 0.25) is 0 Å². The molecule has 0 radical (unpaired) electrons. The standard InChI is InChI=1S/C34H41N5O5/c1-22-28(23(2)44-37-22)11-12-32(40)39-20-29-24-8-5-9-27(18-24)43-16-6-14-38(15-13-35-33(41)30(29)21-39)34(42)26-17-25-7-3-4-10-31(25)36-19-26/h5,8-9,17-19,29-30H,3-4,6-7,10-16,20-21H2,1-2H3,(H,35,41)/t29-,30+/m1/s1. The number of rotatable bonds is 4. The summed E-state index contributed by atoms with van der Waals surface area (Å²) in [5.74, 6) is 0.695. The summed E-state index contributed by atoms with van der Waals surface area (Å²) in [7, 11) is 0. The maximum atomic E-state index is 13.7. The van der Waals surface area contributed by atoms with Gasteiger partial charge in [-0.15, -0.1) is 0 Å². The molecule has 1 aromatic carbocycles. The third-order valence-electron chi connectivity index (χ3n) is 9.29. The van der Waals surface area contributed by atoms with Crippen molar-refractivity contribution in [3.8, 4) is 5.75 Å². The van der Waals surface area contributed by atoms with Crippen molar-refractivity contribution < 1.29 is 23.6 Å². The lowest BCUT2D eigenvalue weighted by Crippen LogP contribution is -2.42. The van der Waals surface area contributed by atoms with Crippen LogP contribution in [0, 0.1) is 19.8 Å². The molecule has 1 N–H and O–H groups in total. The van der Waals surface area contributed by atoms with Gasteiger partial charge >= 0.3 is 0 Å². The summed E-state index contributed by atoms with van der Waals surface area (Å²) in [5.41, 5.74) is 5.60.